The predicted octanol–water partition coefficient (Wildman–Crippen LogP) is 3.04. The summed E-state index contributed by atoms with van der Waals surface area (Å²) in [6.45, 7) is 1.47. The van der Waals surface area contributed by atoms with E-state index in [0.717, 1.165) is 24.1 Å². The molecular weight excluding hydrogens is 267 g/mol. The van der Waals surface area contributed by atoms with Crippen molar-refractivity contribution in [2.75, 3.05) is 13.7 Å². The number of nitrogens with one attached hydrogen (secondary N) is 1. The monoisotopic (exact) mass is 284 g/mol. The highest BCUT2D eigenvalue weighted by Gasteiger charge is 2.03. The molecule has 3 nitrogen and oxygen atoms in total. The van der Waals surface area contributed by atoms with Crippen molar-refractivity contribution in [3.63, 3.8) is 0 Å². The third-order valence-corrected chi connectivity index (χ3v) is 3.22. The van der Waals surface area contributed by atoms with E-state index < -0.39 is 0 Å². The van der Waals surface area contributed by atoms with Gasteiger partial charge in [-0.15, -0.1) is 0 Å². The van der Waals surface area contributed by atoms with Crippen LogP contribution in [-0.2, 0) is 13.0 Å². The maximum atomic E-state index is 12.8. The van der Waals surface area contributed by atoms with E-state index in [-0.39, 0.29) is 5.82 Å². The average Bonchev–Trinajstić information content (AvgIpc) is 2.53. The SMILES string of the molecule is COc1ccc(CNCCc2ccc(F)cc2)cc1C#N. The van der Waals surface area contributed by atoms with Crippen LogP contribution >= 0.6 is 0 Å². The lowest BCUT2D eigenvalue weighted by molar-refractivity contribution is 0.413. The first-order valence-corrected chi connectivity index (χ1v) is 6.75. The zero-order chi connectivity index (χ0) is 15.1. The highest BCUT2D eigenvalue weighted by Crippen LogP contribution is 2.18. The summed E-state index contributed by atoms with van der Waals surface area (Å²) in [7, 11) is 1.55. The van der Waals surface area contributed by atoms with E-state index >= 15 is 0 Å². The summed E-state index contributed by atoms with van der Waals surface area (Å²) in [5.41, 5.74) is 2.66. The predicted molar refractivity (Wildman–Crippen MR) is 79.5 cm³/mol. The zero-order valence-corrected chi connectivity index (χ0v) is 11.9. The van der Waals surface area contributed by atoms with Crippen molar-refractivity contribution >= 4 is 0 Å². The fraction of sp³-hybridized carbons (Fsp3) is 0.235. The molecule has 0 aromatic heterocycles. The number of hydrogen-bond acceptors (Lipinski definition) is 3. The molecule has 21 heavy (non-hydrogen) atoms. The van der Waals surface area contributed by atoms with Crippen LogP contribution in [0.4, 0.5) is 4.39 Å². The average molecular weight is 284 g/mol. The standard InChI is InChI=1S/C17H17FN2O/c1-21-17-7-4-14(10-15(17)11-19)12-20-9-8-13-2-5-16(18)6-3-13/h2-7,10,20H,8-9,12H2,1H3. The van der Waals surface area contributed by atoms with Crippen LogP contribution in [0.5, 0.6) is 5.75 Å². The minimum atomic E-state index is -0.214. The molecule has 0 aliphatic rings. The second kappa shape index (κ2) is 7.41. The van der Waals surface area contributed by atoms with Crippen molar-refractivity contribution in [2.24, 2.45) is 0 Å². The van der Waals surface area contributed by atoms with Gasteiger partial charge in [0.15, 0.2) is 0 Å². The Morgan fingerprint density at radius 2 is 1.86 bits per heavy atom. The van der Waals surface area contributed by atoms with Gasteiger partial charge in [-0.1, -0.05) is 18.2 Å². The smallest absolute Gasteiger partial charge is 0.136 e. The first kappa shape index (κ1) is 15.0. The lowest BCUT2D eigenvalue weighted by Gasteiger charge is -2.08. The molecule has 2 aromatic rings. The third-order valence-electron chi connectivity index (χ3n) is 3.22. The Morgan fingerprint density at radius 1 is 1.14 bits per heavy atom. The zero-order valence-electron chi connectivity index (χ0n) is 11.9. The minimum absolute atomic E-state index is 0.214. The molecule has 0 aliphatic carbocycles. The van der Waals surface area contributed by atoms with E-state index in [0.29, 0.717) is 17.9 Å². The molecule has 108 valence electrons. The lowest BCUT2D eigenvalue weighted by atomic mass is 10.1. The molecule has 0 radical (unpaired) electrons. The number of halogens is 1. The lowest BCUT2D eigenvalue weighted by Crippen LogP contribution is -2.16. The molecule has 0 heterocycles. The van der Waals surface area contributed by atoms with E-state index in [4.69, 9.17) is 10.00 Å². The highest BCUT2D eigenvalue weighted by molar-refractivity contribution is 5.45. The Morgan fingerprint density at radius 3 is 2.52 bits per heavy atom. The van der Waals surface area contributed by atoms with Crippen LogP contribution in [0.1, 0.15) is 16.7 Å². The van der Waals surface area contributed by atoms with Crippen molar-refractivity contribution in [1.29, 1.82) is 5.26 Å². The van der Waals surface area contributed by atoms with Crippen molar-refractivity contribution in [1.82, 2.24) is 5.32 Å². The molecule has 2 rings (SSSR count). The molecule has 1 N–H and O–H groups in total. The maximum absolute atomic E-state index is 12.8. The van der Waals surface area contributed by atoms with Gasteiger partial charge in [0.1, 0.15) is 17.6 Å². The molecule has 0 saturated carbocycles. The molecule has 0 bridgehead atoms. The van der Waals surface area contributed by atoms with Gasteiger partial charge in [-0.05, 0) is 48.4 Å². The summed E-state index contributed by atoms with van der Waals surface area (Å²) in [5.74, 6) is 0.376. The van der Waals surface area contributed by atoms with Crippen LogP contribution < -0.4 is 10.1 Å². The summed E-state index contributed by atoms with van der Waals surface area (Å²) >= 11 is 0. The Balaban J connectivity index is 1.83. The molecule has 0 saturated heterocycles. The fourth-order valence-electron chi connectivity index (χ4n) is 2.07. The van der Waals surface area contributed by atoms with E-state index in [1.807, 2.05) is 12.1 Å². The van der Waals surface area contributed by atoms with Crippen LogP contribution in [0, 0.1) is 17.1 Å². The van der Waals surface area contributed by atoms with E-state index in [1.165, 1.54) is 12.1 Å². The van der Waals surface area contributed by atoms with Gasteiger partial charge in [-0.25, -0.2) is 4.39 Å². The van der Waals surface area contributed by atoms with Gasteiger partial charge in [-0.2, -0.15) is 5.26 Å². The quantitative estimate of drug-likeness (QED) is 0.829. The Hall–Kier alpha value is -2.38. The van der Waals surface area contributed by atoms with Crippen molar-refractivity contribution < 1.29 is 9.13 Å². The Labute approximate surface area is 124 Å². The first-order chi connectivity index (χ1) is 10.2. The van der Waals surface area contributed by atoms with Gasteiger partial charge < -0.3 is 10.1 Å². The van der Waals surface area contributed by atoms with Gasteiger partial charge in [-0.3, -0.25) is 0 Å². The van der Waals surface area contributed by atoms with E-state index in [9.17, 15) is 4.39 Å². The summed E-state index contributed by atoms with van der Waals surface area (Å²) < 4.78 is 17.9. The molecule has 0 atom stereocenters. The van der Waals surface area contributed by atoms with E-state index in [1.54, 1.807) is 25.3 Å². The number of nitriles is 1. The minimum Gasteiger partial charge on any atom is -0.495 e. The largest absolute Gasteiger partial charge is 0.495 e. The normalized spacial score (nSPS) is 10.1. The number of benzene rings is 2. The van der Waals surface area contributed by atoms with Gasteiger partial charge in [0, 0.05) is 6.54 Å². The second-order valence-electron chi connectivity index (χ2n) is 4.70. The summed E-state index contributed by atoms with van der Waals surface area (Å²) in [5, 5.41) is 12.3. The summed E-state index contributed by atoms with van der Waals surface area (Å²) in [6, 6.07) is 14.2. The maximum Gasteiger partial charge on any atom is 0.136 e. The van der Waals surface area contributed by atoms with Gasteiger partial charge >= 0.3 is 0 Å². The Bertz CT molecular complexity index is 632. The van der Waals surface area contributed by atoms with Crippen LogP contribution in [0.3, 0.4) is 0 Å². The number of ether oxygens (including phenoxy) is 1. The molecule has 0 aliphatic heterocycles. The topological polar surface area (TPSA) is 45.0 Å². The van der Waals surface area contributed by atoms with Crippen LogP contribution in [0.25, 0.3) is 0 Å². The summed E-state index contributed by atoms with van der Waals surface area (Å²) in [6.07, 6.45) is 0.835. The molecular formula is C17H17FN2O. The fourth-order valence-corrected chi connectivity index (χ4v) is 2.07. The molecule has 0 unspecified atom stereocenters. The van der Waals surface area contributed by atoms with E-state index in [2.05, 4.69) is 11.4 Å². The molecule has 4 heteroatoms. The highest BCUT2D eigenvalue weighted by atomic mass is 19.1. The molecule has 2 aromatic carbocycles. The van der Waals surface area contributed by atoms with Crippen LogP contribution in [-0.4, -0.2) is 13.7 Å². The van der Waals surface area contributed by atoms with Crippen molar-refractivity contribution in [3.8, 4) is 11.8 Å². The third kappa shape index (κ3) is 4.30. The van der Waals surface area contributed by atoms with Gasteiger partial charge in [0.05, 0.1) is 12.7 Å². The number of nitrogens with zero attached hydrogens (tertiary/aromatic N) is 1. The summed E-state index contributed by atoms with van der Waals surface area (Å²) in [4.78, 5) is 0. The number of hydrogen-bond donors (Lipinski definition) is 1. The van der Waals surface area contributed by atoms with Gasteiger partial charge in [0.25, 0.3) is 0 Å². The number of rotatable bonds is 6. The molecule has 0 spiro atoms. The Kier molecular flexibility index (Phi) is 5.30. The first-order valence-electron chi connectivity index (χ1n) is 6.75. The van der Waals surface area contributed by atoms with Crippen molar-refractivity contribution in [2.45, 2.75) is 13.0 Å². The molecule has 0 fully saturated rings. The van der Waals surface area contributed by atoms with Crippen LogP contribution in [0.15, 0.2) is 42.5 Å². The van der Waals surface area contributed by atoms with Gasteiger partial charge in [0.2, 0.25) is 0 Å². The second-order valence-corrected chi connectivity index (χ2v) is 4.70. The molecule has 0 amide bonds. The van der Waals surface area contributed by atoms with Crippen molar-refractivity contribution in [3.05, 3.63) is 65.0 Å². The number of methoxy groups -OCH3 is 1. The van der Waals surface area contributed by atoms with Crippen LogP contribution in [0.2, 0.25) is 0 Å².